The third-order valence-corrected chi connectivity index (χ3v) is 4.06. The molecule has 0 atom stereocenters. The summed E-state index contributed by atoms with van der Waals surface area (Å²) in [4.78, 5) is 11.8. The van der Waals surface area contributed by atoms with Crippen LogP contribution in [0.4, 0.5) is 0 Å². The summed E-state index contributed by atoms with van der Waals surface area (Å²) in [5, 5.41) is 3.94. The predicted octanol–water partition coefficient (Wildman–Crippen LogP) is 4.17. The fourth-order valence-electron chi connectivity index (χ4n) is 2.10. The molecule has 7 heteroatoms. The number of ether oxygens (including phenoxy) is 3. The third kappa shape index (κ3) is 7.30. The number of amides is 1. The van der Waals surface area contributed by atoms with Crippen LogP contribution in [-0.4, -0.2) is 32.4 Å². The van der Waals surface area contributed by atoms with Crippen molar-refractivity contribution in [1.82, 2.24) is 5.43 Å². The van der Waals surface area contributed by atoms with Crippen molar-refractivity contribution >= 4 is 28.1 Å². The minimum atomic E-state index is -0.347. The molecular formula is C20H23BrN2O4. The van der Waals surface area contributed by atoms with E-state index in [2.05, 4.69) is 33.4 Å². The van der Waals surface area contributed by atoms with Gasteiger partial charge in [0.25, 0.3) is 5.91 Å². The standard InChI is InChI=1S/C20H23BrN2O4/c1-3-4-11-26-18-10-5-15(12-19(18)25-2)13-22-23-20(24)14-27-17-8-6-16(21)7-9-17/h5-10,12-13H,3-4,11,14H2,1-2H3,(H,23,24)/b22-13+. The summed E-state index contributed by atoms with van der Waals surface area (Å²) in [6.45, 7) is 2.64. The van der Waals surface area contributed by atoms with Crippen LogP contribution in [-0.2, 0) is 4.79 Å². The molecular weight excluding hydrogens is 412 g/mol. The Morgan fingerprint density at radius 2 is 1.93 bits per heavy atom. The number of hydrogen-bond donors (Lipinski definition) is 1. The van der Waals surface area contributed by atoms with E-state index in [1.807, 2.05) is 24.3 Å². The minimum Gasteiger partial charge on any atom is -0.493 e. The first kappa shape index (κ1) is 20.8. The Balaban J connectivity index is 1.83. The zero-order valence-corrected chi connectivity index (χ0v) is 17.0. The van der Waals surface area contributed by atoms with E-state index in [0.29, 0.717) is 23.9 Å². The van der Waals surface area contributed by atoms with Gasteiger partial charge >= 0.3 is 0 Å². The topological polar surface area (TPSA) is 69.2 Å². The second-order valence-corrected chi connectivity index (χ2v) is 6.56. The maximum atomic E-state index is 11.8. The van der Waals surface area contributed by atoms with Gasteiger partial charge < -0.3 is 14.2 Å². The van der Waals surface area contributed by atoms with E-state index >= 15 is 0 Å². The summed E-state index contributed by atoms with van der Waals surface area (Å²) in [5.74, 6) is 1.58. The number of nitrogens with zero attached hydrogens (tertiary/aromatic N) is 1. The Morgan fingerprint density at radius 1 is 1.15 bits per heavy atom. The highest BCUT2D eigenvalue weighted by Crippen LogP contribution is 2.27. The Bertz CT molecular complexity index is 763. The van der Waals surface area contributed by atoms with Crippen LogP contribution in [0.2, 0.25) is 0 Å². The first-order valence-corrected chi connectivity index (χ1v) is 9.42. The number of rotatable bonds is 10. The lowest BCUT2D eigenvalue weighted by atomic mass is 10.2. The Morgan fingerprint density at radius 3 is 2.63 bits per heavy atom. The van der Waals surface area contributed by atoms with Gasteiger partial charge in [0.1, 0.15) is 5.75 Å². The van der Waals surface area contributed by atoms with E-state index in [9.17, 15) is 4.79 Å². The van der Waals surface area contributed by atoms with Gasteiger partial charge in [0.2, 0.25) is 0 Å². The molecule has 0 aliphatic rings. The summed E-state index contributed by atoms with van der Waals surface area (Å²) in [5.41, 5.74) is 3.21. The molecule has 2 rings (SSSR count). The van der Waals surface area contributed by atoms with Crippen LogP contribution in [0.25, 0.3) is 0 Å². The molecule has 1 N–H and O–H groups in total. The van der Waals surface area contributed by atoms with Gasteiger partial charge in [0.15, 0.2) is 18.1 Å². The van der Waals surface area contributed by atoms with Gasteiger partial charge in [0.05, 0.1) is 19.9 Å². The molecule has 1 amide bonds. The van der Waals surface area contributed by atoms with Crippen molar-refractivity contribution in [3.05, 3.63) is 52.5 Å². The molecule has 0 heterocycles. The molecule has 0 radical (unpaired) electrons. The van der Waals surface area contributed by atoms with E-state index in [0.717, 1.165) is 22.9 Å². The molecule has 0 saturated heterocycles. The number of hydrogen-bond acceptors (Lipinski definition) is 5. The zero-order chi connectivity index (χ0) is 19.5. The predicted molar refractivity (Wildman–Crippen MR) is 109 cm³/mol. The second kappa shape index (κ2) is 11.2. The fourth-order valence-corrected chi connectivity index (χ4v) is 2.37. The molecule has 6 nitrogen and oxygen atoms in total. The monoisotopic (exact) mass is 434 g/mol. The van der Waals surface area contributed by atoms with Crippen molar-refractivity contribution in [3.8, 4) is 17.2 Å². The van der Waals surface area contributed by atoms with Crippen molar-refractivity contribution in [2.24, 2.45) is 5.10 Å². The minimum absolute atomic E-state index is 0.119. The molecule has 2 aromatic carbocycles. The molecule has 0 fully saturated rings. The van der Waals surface area contributed by atoms with Crippen LogP contribution in [0, 0.1) is 0 Å². The largest absolute Gasteiger partial charge is 0.493 e. The number of methoxy groups -OCH3 is 1. The van der Waals surface area contributed by atoms with Crippen molar-refractivity contribution < 1.29 is 19.0 Å². The number of carbonyl (C=O) groups is 1. The van der Waals surface area contributed by atoms with Crippen LogP contribution in [0.5, 0.6) is 17.2 Å². The van der Waals surface area contributed by atoms with Crippen molar-refractivity contribution in [2.75, 3.05) is 20.3 Å². The van der Waals surface area contributed by atoms with Crippen LogP contribution in [0.15, 0.2) is 52.0 Å². The summed E-state index contributed by atoms with van der Waals surface area (Å²) in [7, 11) is 1.59. The molecule has 0 aromatic heterocycles. The maximum Gasteiger partial charge on any atom is 0.277 e. The van der Waals surface area contributed by atoms with Gasteiger partial charge in [-0.1, -0.05) is 29.3 Å². The number of nitrogens with one attached hydrogen (secondary N) is 1. The summed E-state index contributed by atoms with van der Waals surface area (Å²) in [6, 6.07) is 12.7. The van der Waals surface area contributed by atoms with Crippen LogP contribution in [0.3, 0.4) is 0 Å². The van der Waals surface area contributed by atoms with Crippen LogP contribution >= 0.6 is 15.9 Å². The molecule has 0 aliphatic heterocycles. The zero-order valence-electron chi connectivity index (χ0n) is 15.4. The third-order valence-electron chi connectivity index (χ3n) is 3.53. The van der Waals surface area contributed by atoms with E-state index in [1.54, 1.807) is 25.3 Å². The SMILES string of the molecule is CCCCOc1ccc(/C=N/NC(=O)COc2ccc(Br)cc2)cc1OC. The lowest BCUT2D eigenvalue weighted by molar-refractivity contribution is -0.123. The van der Waals surface area contributed by atoms with E-state index < -0.39 is 0 Å². The average Bonchev–Trinajstić information content (AvgIpc) is 2.68. The second-order valence-electron chi connectivity index (χ2n) is 5.65. The van der Waals surface area contributed by atoms with Gasteiger partial charge in [-0.3, -0.25) is 4.79 Å². The lowest BCUT2D eigenvalue weighted by Crippen LogP contribution is -2.24. The van der Waals surface area contributed by atoms with Crippen molar-refractivity contribution in [1.29, 1.82) is 0 Å². The first-order valence-electron chi connectivity index (χ1n) is 8.63. The highest BCUT2D eigenvalue weighted by Gasteiger charge is 2.05. The first-order chi connectivity index (χ1) is 13.1. The van der Waals surface area contributed by atoms with Gasteiger partial charge in [-0.25, -0.2) is 5.43 Å². The molecule has 2 aromatic rings. The molecule has 0 unspecified atom stereocenters. The van der Waals surface area contributed by atoms with Crippen molar-refractivity contribution in [3.63, 3.8) is 0 Å². The number of carbonyl (C=O) groups excluding carboxylic acids is 1. The Labute approximate surface area is 167 Å². The molecule has 144 valence electrons. The Kier molecular flexibility index (Phi) is 8.64. The lowest BCUT2D eigenvalue weighted by Gasteiger charge is -2.10. The quantitative estimate of drug-likeness (QED) is 0.346. The highest BCUT2D eigenvalue weighted by molar-refractivity contribution is 9.10. The molecule has 0 aliphatic carbocycles. The van der Waals surface area contributed by atoms with E-state index in [4.69, 9.17) is 14.2 Å². The summed E-state index contributed by atoms with van der Waals surface area (Å²) in [6.07, 6.45) is 3.59. The van der Waals surface area contributed by atoms with E-state index in [1.165, 1.54) is 6.21 Å². The number of halogens is 1. The molecule has 0 bridgehead atoms. The summed E-state index contributed by atoms with van der Waals surface area (Å²) < 4.78 is 17.4. The average molecular weight is 435 g/mol. The molecule has 0 spiro atoms. The molecule has 27 heavy (non-hydrogen) atoms. The maximum absolute atomic E-state index is 11.8. The van der Waals surface area contributed by atoms with Gasteiger partial charge in [-0.05, 0) is 54.4 Å². The smallest absolute Gasteiger partial charge is 0.277 e. The highest BCUT2D eigenvalue weighted by atomic mass is 79.9. The van der Waals surface area contributed by atoms with Gasteiger partial charge in [-0.15, -0.1) is 0 Å². The number of hydrazone groups is 1. The van der Waals surface area contributed by atoms with E-state index in [-0.39, 0.29) is 12.5 Å². The molecule has 0 saturated carbocycles. The fraction of sp³-hybridized carbons (Fsp3) is 0.300. The van der Waals surface area contributed by atoms with Gasteiger partial charge in [-0.2, -0.15) is 5.10 Å². The van der Waals surface area contributed by atoms with Crippen molar-refractivity contribution in [2.45, 2.75) is 19.8 Å². The number of benzene rings is 2. The van der Waals surface area contributed by atoms with Crippen LogP contribution < -0.4 is 19.6 Å². The number of unbranched alkanes of at least 4 members (excludes halogenated alkanes) is 1. The summed E-state index contributed by atoms with van der Waals surface area (Å²) >= 11 is 3.34. The Hall–Kier alpha value is -2.54. The normalized spacial score (nSPS) is 10.6. The van der Waals surface area contributed by atoms with Crippen LogP contribution in [0.1, 0.15) is 25.3 Å². The van der Waals surface area contributed by atoms with Gasteiger partial charge in [0, 0.05) is 4.47 Å².